The van der Waals surface area contributed by atoms with Crippen molar-refractivity contribution in [3.05, 3.63) is 152 Å². The Bertz CT molecular complexity index is 3630. The molecule has 5 nitrogen and oxygen atoms in total. The molecule has 6 aromatic heterocycles. The number of rotatable bonds is 33. The molecule has 10 rings (SSSR count). The molecule has 2 amide bonds. The van der Waals surface area contributed by atoms with E-state index >= 15 is 4.79 Å². The second kappa shape index (κ2) is 28.9. The number of nitrogens with zero attached hydrogens (tertiary/aromatic N) is 1. The van der Waals surface area contributed by atoms with Gasteiger partial charge in [-0.1, -0.05) is 230 Å². The lowest BCUT2D eigenvalue weighted by molar-refractivity contribution is 0.0640. The van der Waals surface area contributed by atoms with Gasteiger partial charge in [-0.15, -0.1) is 45.3 Å². The fourth-order valence-electron chi connectivity index (χ4n) is 14.0. The average molecular weight is 1230 g/mol. The summed E-state index contributed by atoms with van der Waals surface area (Å²) >= 11 is 7.59. The molecule has 86 heavy (non-hydrogen) atoms. The van der Waals surface area contributed by atoms with Crippen molar-refractivity contribution in [3.63, 3.8) is 0 Å². The average Bonchev–Trinajstić information content (AvgIpc) is 1.60. The third kappa shape index (κ3) is 12.8. The lowest BCUT2D eigenvalue weighted by Gasteiger charge is -2.34. The molecule has 0 aliphatic carbocycles. The molecule has 456 valence electrons. The highest BCUT2D eigenvalue weighted by Crippen LogP contribution is 2.59. The lowest BCUT2D eigenvalue weighted by atomic mass is 9.71. The highest BCUT2D eigenvalue weighted by Gasteiger charge is 2.46. The van der Waals surface area contributed by atoms with Crippen molar-refractivity contribution in [2.45, 2.75) is 221 Å². The van der Waals surface area contributed by atoms with Crippen LogP contribution in [0.15, 0.2) is 118 Å². The molecule has 0 fully saturated rings. The van der Waals surface area contributed by atoms with Gasteiger partial charge in [0.1, 0.15) is 17.1 Å². The van der Waals surface area contributed by atoms with Crippen molar-refractivity contribution in [1.29, 1.82) is 0 Å². The third-order valence-corrected chi connectivity index (χ3v) is 24.5. The second-order valence-corrected chi connectivity index (χ2v) is 29.6. The first kappa shape index (κ1) is 63.7. The van der Waals surface area contributed by atoms with Crippen molar-refractivity contribution in [2.75, 3.05) is 6.54 Å². The molecule has 9 aromatic rings. The number of fused-ring (bicyclic) bond motifs is 5. The summed E-state index contributed by atoms with van der Waals surface area (Å²) in [5.74, 6) is 2.85. The van der Waals surface area contributed by atoms with E-state index in [0.29, 0.717) is 29.5 Å². The normalized spacial score (nSPS) is 15.2. The van der Waals surface area contributed by atoms with Gasteiger partial charge in [-0.25, -0.2) is 0 Å². The zero-order valence-electron chi connectivity index (χ0n) is 53.4. The van der Waals surface area contributed by atoms with Crippen LogP contribution in [0.5, 0.6) is 0 Å². The highest BCUT2D eigenvalue weighted by atomic mass is 32.1. The first-order chi connectivity index (χ1) is 41.9. The van der Waals surface area contributed by atoms with Gasteiger partial charge < -0.3 is 8.83 Å². The molecule has 1 aliphatic rings. The van der Waals surface area contributed by atoms with Crippen LogP contribution in [0.25, 0.3) is 62.7 Å². The Labute approximate surface area is 530 Å². The van der Waals surface area contributed by atoms with E-state index in [1.54, 1.807) is 11.3 Å². The predicted octanol–water partition coefficient (Wildman–Crippen LogP) is 25.0. The minimum atomic E-state index is -0.466. The molecule has 1 aliphatic heterocycles. The SMILES string of the molecule is C/C=C(\C)CC(CCC)(c1ccccc1)c1cc2c(-c3ccc(CC(CC)CCCC)o3)c3sc(-c4sc(C(C)(CCCCC)c5ccccc5)c5c6c(oc45)C(=O)N(CCCCCCC)C6=O)cc3c(-c3ccc(CC(CC)CCCC)s3)c2s1. The molecule has 0 saturated heterocycles. The van der Waals surface area contributed by atoms with Crippen molar-refractivity contribution < 1.29 is 18.4 Å². The van der Waals surface area contributed by atoms with E-state index in [2.05, 4.69) is 172 Å². The number of hydrogen-bond acceptors (Lipinski definition) is 8. The maximum Gasteiger partial charge on any atom is 0.297 e. The van der Waals surface area contributed by atoms with Crippen molar-refractivity contribution in [1.82, 2.24) is 4.90 Å². The topological polar surface area (TPSA) is 63.7 Å². The Balaban J connectivity index is 1.28. The summed E-state index contributed by atoms with van der Waals surface area (Å²) in [6.07, 6.45) is 26.2. The molecule has 0 bridgehead atoms. The van der Waals surface area contributed by atoms with Crippen LogP contribution >= 0.6 is 45.3 Å². The number of carbonyl (C=O) groups is 2. The zero-order chi connectivity index (χ0) is 60.5. The first-order valence-electron chi connectivity index (χ1n) is 33.3. The monoisotopic (exact) mass is 1230 g/mol. The number of furan rings is 2. The van der Waals surface area contributed by atoms with Gasteiger partial charge in [-0.2, -0.15) is 0 Å². The van der Waals surface area contributed by atoms with Crippen molar-refractivity contribution >= 4 is 88.3 Å². The molecule has 0 N–H and O–H groups in total. The number of carbonyl (C=O) groups excluding carboxylic acids is 2. The third-order valence-electron chi connectivity index (χ3n) is 19.2. The summed E-state index contributed by atoms with van der Waals surface area (Å²) in [7, 11) is 0. The fraction of sp³-hybridized carbons (Fsp3) is 0.481. The van der Waals surface area contributed by atoms with E-state index in [0.717, 1.165) is 133 Å². The number of allylic oxidation sites excluding steroid dienone is 2. The molecule has 0 radical (unpaired) electrons. The maximum atomic E-state index is 15.1. The quantitative estimate of drug-likeness (QED) is 0.0234. The summed E-state index contributed by atoms with van der Waals surface area (Å²) in [5.41, 5.74) is 6.81. The summed E-state index contributed by atoms with van der Waals surface area (Å²) in [6, 6.07) is 36.7. The van der Waals surface area contributed by atoms with Crippen LogP contribution in [0.1, 0.15) is 250 Å². The van der Waals surface area contributed by atoms with E-state index in [-0.39, 0.29) is 23.0 Å². The molecule has 9 heteroatoms. The lowest BCUT2D eigenvalue weighted by Crippen LogP contribution is -2.31. The van der Waals surface area contributed by atoms with Crippen LogP contribution in [0.3, 0.4) is 0 Å². The second-order valence-electron chi connectivity index (χ2n) is 25.3. The Kier molecular flexibility index (Phi) is 21.4. The Morgan fingerprint density at radius 3 is 1.92 bits per heavy atom. The molecule has 4 atom stereocenters. The van der Waals surface area contributed by atoms with Gasteiger partial charge >= 0.3 is 0 Å². The van der Waals surface area contributed by atoms with E-state index in [1.807, 2.05) is 34.0 Å². The van der Waals surface area contributed by atoms with Crippen LogP contribution in [-0.4, -0.2) is 23.3 Å². The minimum absolute atomic E-state index is 0.202. The number of thiophene rings is 4. The summed E-state index contributed by atoms with van der Waals surface area (Å²) in [4.78, 5) is 38.6. The van der Waals surface area contributed by atoms with Crippen molar-refractivity contribution in [3.8, 4) is 31.5 Å². The molecule has 7 heterocycles. The number of benzene rings is 3. The Hall–Kier alpha value is -5.32. The fourth-order valence-corrected chi connectivity index (χ4v) is 19.5. The zero-order valence-corrected chi connectivity index (χ0v) is 56.7. The number of hydrogen-bond donors (Lipinski definition) is 0. The van der Waals surface area contributed by atoms with Crippen LogP contribution in [0.2, 0.25) is 0 Å². The Morgan fingerprint density at radius 1 is 0.593 bits per heavy atom. The van der Waals surface area contributed by atoms with Gasteiger partial charge in [0, 0.05) is 84.9 Å². The minimum Gasteiger partial charge on any atom is -0.461 e. The molecule has 0 saturated carbocycles. The van der Waals surface area contributed by atoms with Gasteiger partial charge in [0.25, 0.3) is 11.8 Å². The highest BCUT2D eigenvalue weighted by molar-refractivity contribution is 7.28. The molecular weight excluding hydrogens is 1130 g/mol. The molecular formula is C77H95NO4S4. The molecule has 4 unspecified atom stereocenters. The predicted molar refractivity (Wildman–Crippen MR) is 373 cm³/mol. The van der Waals surface area contributed by atoms with Crippen LogP contribution in [0.4, 0.5) is 0 Å². The van der Waals surface area contributed by atoms with Gasteiger partial charge in [0.2, 0.25) is 5.76 Å². The first-order valence-corrected chi connectivity index (χ1v) is 36.6. The van der Waals surface area contributed by atoms with Gasteiger partial charge in [-0.3, -0.25) is 14.5 Å². The Morgan fingerprint density at radius 2 is 1.24 bits per heavy atom. The maximum absolute atomic E-state index is 15.1. The number of imide groups is 1. The van der Waals surface area contributed by atoms with Gasteiger partial charge in [-0.05, 0) is 105 Å². The van der Waals surface area contributed by atoms with Gasteiger partial charge in [0.05, 0.1) is 4.88 Å². The van der Waals surface area contributed by atoms with Gasteiger partial charge in [0.15, 0.2) is 5.58 Å². The van der Waals surface area contributed by atoms with Crippen LogP contribution < -0.4 is 0 Å². The van der Waals surface area contributed by atoms with Crippen LogP contribution in [-0.2, 0) is 23.7 Å². The summed E-state index contributed by atoms with van der Waals surface area (Å²) < 4.78 is 16.9. The number of unbranched alkanes of at least 4 members (excludes halogenated alkanes) is 8. The largest absolute Gasteiger partial charge is 0.461 e. The van der Waals surface area contributed by atoms with E-state index in [9.17, 15) is 4.79 Å². The van der Waals surface area contributed by atoms with E-state index < -0.39 is 5.41 Å². The van der Waals surface area contributed by atoms with E-state index in [1.165, 1.54) is 107 Å². The smallest absolute Gasteiger partial charge is 0.297 e. The summed E-state index contributed by atoms with van der Waals surface area (Å²) in [5, 5.41) is 3.28. The molecule has 0 spiro atoms. The summed E-state index contributed by atoms with van der Waals surface area (Å²) in [6.45, 7) is 23.4. The van der Waals surface area contributed by atoms with E-state index in [4.69, 9.17) is 8.83 Å². The van der Waals surface area contributed by atoms with Crippen molar-refractivity contribution in [2.24, 2.45) is 11.8 Å². The van der Waals surface area contributed by atoms with Crippen LogP contribution in [0, 0.1) is 11.8 Å². The molecule has 3 aromatic carbocycles. The standard InChI is InChI=1S/C77H95NO4S4/c1-11-19-23-24-32-45-78-74(79)67-66-68(82-69(67)75(78)80)72(86-73(66)76(10,44-31-20-12-2)54-35-27-25-28-36-54)62-48-58-65(61-42-40-57(83-61)47-53(18-8)34-22-14-4)71-59(64(70(58)84-62)60-41-39-56(81-60)46-52(17-7)33-21-13-3)49-63(85-71)77(43-15-5,50-51(9)16-6)55-37-29-26-30-38-55/h16,25-30,35-42,48-49,52-53H,11-15,17-24,31-34,43-47,50H2,1-10H3/b51-16+. The number of amides is 2.